The highest BCUT2D eigenvalue weighted by atomic mass is 16.7. The fraction of sp³-hybridized carbons (Fsp3) is 0.929. The maximum Gasteiger partial charge on any atom is 0.178 e. The molecule has 7 heteroatoms. The molecule has 2 bridgehead atoms. The zero-order valence-corrected chi connectivity index (χ0v) is 21.6. The van der Waals surface area contributed by atoms with E-state index in [1.54, 1.807) is 12.7 Å². The van der Waals surface area contributed by atoms with E-state index in [0.29, 0.717) is 30.8 Å². The fourth-order valence-electron chi connectivity index (χ4n) is 9.58. The summed E-state index contributed by atoms with van der Waals surface area (Å²) in [6.07, 6.45) is 8.70. The smallest absolute Gasteiger partial charge is 0.178 e. The van der Waals surface area contributed by atoms with E-state index in [-0.39, 0.29) is 47.6 Å². The molecule has 13 atom stereocenters. The van der Waals surface area contributed by atoms with E-state index in [0.717, 1.165) is 38.7 Å². The summed E-state index contributed by atoms with van der Waals surface area (Å²) in [5.74, 6) is 1.01. The molecule has 4 saturated heterocycles. The van der Waals surface area contributed by atoms with Gasteiger partial charge in [0.2, 0.25) is 0 Å². The van der Waals surface area contributed by atoms with Gasteiger partial charge < -0.3 is 33.5 Å². The number of methoxy groups -OCH3 is 1. The number of fused-ring (bicyclic) bond motifs is 3. The van der Waals surface area contributed by atoms with Crippen molar-refractivity contribution in [3.05, 3.63) is 11.6 Å². The van der Waals surface area contributed by atoms with E-state index in [1.165, 1.54) is 6.42 Å². The van der Waals surface area contributed by atoms with E-state index in [2.05, 4.69) is 19.9 Å². The van der Waals surface area contributed by atoms with Crippen LogP contribution in [0.2, 0.25) is 0 Å². The van der Waals surface area contributed by atoms with Crippen LogP contribution in [-0.2, 0) is 28.4 Å². The van der Waals surface area contributed by atoms with Gasteiger partial charge >= 0.3 is 0 Å². The zero-order valence-electron chi connectivity index (χ0n) is 21.6. The Balaban J connectivity index is 1.10. The van der Waals surface area contributed by atoms with Gasteiger partial charge in [-0.25, -0.2) is 0 Å². The van der Waals surface area contributed by atoms with Crippen molar-refractivity contribution in [2.45, 2.75) is 114 Å². The van der Waals surface area contributed by atoms with Gasteiger partial charge in [-0.1, -0.05) is 25.5 Å². The van der Waals surface area contributed by atoms with Crippen molar-refractivity contribution in [2.75, 3.05) is 20.3 Å². The molecule has 0 unspecified atom stereocenters. The number of aliphatic hydroxyl groups excluding tert-OH is 1. The Morgan fingerprint density at radius 3 is 2.77 bits per heavy atom. The van der Waals surface area contributed by atoms with Gasteiger partial charge in [0.25, 0.3) is 0 Å². The molecule has 196 valence electrons. The largest absolute Gasteiger partial charge is 0.388 e. The molecule has 3 aliphatic carbocycles. The molecule has 7 nitrogen and oxygen atoms in total. The third-order valence-electron chi connectivity index (χ3n) is 11.4. The lowest BCUT2D eigenvalue weighted by atomic mass is 9.47. The second kappa shape index (κ2) is 7.98. The van der Waals surface area contributed by atoms with Crippen molar-refractivity contribution >= 4 is 0 Å². The van der Waals surface area contributed by atoms with Crippen LogP contribution in [0, 0.1) is 28.6 Å². The summed E-state index contributed by atoms with van der Waals surface area (Å²) in [6.45, 7) is 8.22. The molecule has 7 aliphatic rings. The van der Waals surface area contributed by atoms with E-state index >= 15 is 0 Å². The second-order valence-corrected chi connectivity index (χ2v) is 12.9. The fourth-order valence-corrected chi connectivity index (χ4v) is 9.58. The lowest BCUT2D eigenvalue weighted by Gasteiger charge is -2.63. The highest BCUT2D eigenvalue weighted by molar-refractivity contribution is 5.28. The summed E-state index contributed by atoms with van der Waals surface area (Å²) in [7, 11) is 1.65. The lowest BCUT2D eigenvalue weighted by Crippen LogP contribution is -2.66. The normalized spacial score (nSPS) is 58.8. The van der Waals surface area contributed by atoms with Crippen LogP contribution >= 0.6 is 0 Å². The summed E-state index contributed by atoms with van der Waals surface area (Å²) < 4.78 is 37.6. The molecule has 6 fully saturated rings. The minimum atomic E-state index is -0.606. The summed E-state index contributed by atoms with van der Waals surface area (Å²) >= 11 is 0. The van der Waals surface area contributed by atoms with Gasteiger partial charge in [-0.2, -0.15) is 0 Å². The minimum Gasteiger partial charge on any atom is -0.388 e. The molecule has 4 heterocycles. The van der Waals surface area contributed by atoms with Gasteiger partial charge in [0.15, 0.2) is 12.1 Å². The molecular formula is C28H42O7. The summed E-state index contributed by atoms with van der Waals surface area (Å²) in [5, 5.41) is 10.3. The van der Waals surface area contributed by atoms with Crippen LogP contribution in [0.15, 0.2) is 11.6 Å². The first kappa shape index (κ1) is 23.6. The maximum absolute atomic E-state index is 10.3. The zero-order chi connectivity index (χ0) is 24.2. The van der Waals surface area contributed by atoms with Gasteiger partial charge in [0, 0.05) is 30.8 Å². The van der Waals surface area contributed by atoms with Crippen molar-refractivity contribution in [3.8, 4) is 0 Å². The van der Waals surface area contributed by atoms with Gasteiger partial charge in [0.1, 0.15) is 6.10 Å². The Kier molecular flexibility index (Phi) is 5.37. The Hall–Kier alpha value is -0.540. The van der Waals surface area contributed by atoms with Gasteiger partial charge in [0.05, 0.1) is 43.7 Å². The van der Waals surface area contributed by atoms with Gasteiger partial charge in [-0.05, 0) is 56.8 Å². The molecule has 0 aromatic carbocycles. The van der Waals surface area contributed by atoms with Crippen molar-refractivity contribution in [3.63, 3.8) is 0 Å². The number of hydrogen-bond acceptors (Lipinski definition) is 7. The Morgan fingerprint density at radius 2 is 1.94 bits per heavy atom. The third-order valence-corrected chi connectivity index (χ3v) is 11.4. The van der Waals surface area contributed by atoms with Crippen molar-refractivity contribution in [1.82, 2.24) is 0 Å². The molecule has 0 amide bonds. The number of ether oxygens (including phenoxy) is 6. The standard InChI is InChI=1S/C28H42O7/c1-15-25(29)20(30-4)12-23(33-15)34-17-7-9-26(2)16(11-17)5-6-19-18(26)8-10-27(3)24-21-14-32-28(19,27)35-22(24)13-31-21/h5,15,17-25,29H,6-14H2,1-4H3/t15-,17+,18+,19-,20-,21-,22-,23+,24+,25+,26+,27-,28-/m1/s1. The summed E-state index contributed by atoms with van der Waals surface area (Å²) in [5.41, 5.74) is 1.78. The van der Waals surface area contributed by atoms with Crippen molar-refractivity contribution < 1.29 is 33.5 Å². The van der Waals surface area contributed by atoms with E-state index in [9.17, 15) is 5.11 Å². The molecule has 0 aromatic rings. The minimum absolute atomic E-state index is 0.0533. The SMILES string of the molecule is CO[C@@H]1C[C@H](O[C@H]2CC[C@@]3(C)C(=CC[C@@H]4[C@@H]3CC[C@]3(C)[C@H]5[C@H]6CO[C@@]43O[C@@H]5CO6)C2)O[C@H](C)[C@@H]1O. The Morgan fingerprint density at radius 1 is 1.09 bits per heavy atom. The third kappa shape index (κ3) is 3.09. The van der Waals surface area contributed by atoms with Crippen LogP contribution in [0.25, 0.3) is 0 Å². The molecule has 0 aromatic heterocycles. The average molecular weight is 491 g/mol. The van der Waals surface area contributed by atoms with Gasteiger partial charge in [-0.3, -0.25) is 0 Å². The molecule has 2 saturated carbocycles. The predicted molar refractivity (Wildman–Crippen MR) is 126 cm³/mol. The number of hydrogen-bond donors (Lipinski definition) is 1. The molecular weight excluding hydrogens is 448 g/mol. The lowest BCUT2D eigenvalue weighted by molar-refractivity contribution is -0.356. The van der Waals surface area contributed by atoms with Crippen LogP contribution < -0.4 is 0 Å². The topological polar surface area (TPSA) is 75.6 Å². The second-order valence-electron chi connectivity index (χ2n) is 12.9. The van der Waals surface area contributed by atoms with Crippen molar-refractivity contribution in [1.29, 1.82) is 0 Å². The maximum atomic E-state index is 10.3. The van der Waals surface area contributed by atoms with E-state index in [1.807, 2.05) is 6.92 Å². The molecule has 0 radical (unpaired) electrons. The highest BCUT2D eigenvalue weighted by Gasteiger charge is 2.76. The summed E-state index contributed by atoms with van der Waals surface area (Å²) in [6, 6.07) is 0. The van der Waals surface area contributed by atoms with Gasteiger partial charge in [-0.15, -0.1) is 0 Å². The molecule has 7 rings (SSSR count). The first-order valence-corrected chi connectivity index (χ1v) is 13.9. The first-order valence-electron chi connectivity index (χ1n) is 13.9. The van der Waals surface area contributed by atoms with Crippen LogP contribution in [-0.4, -0.2) is 74.1 Å². The van der Waals surface area contributed by atoms with Crippen LogP contribution in [0.4, 0.5) is 0 Å². The molecule has 35 heavy (non-hydrogen) atoms. The molecule has 1 N–H and O–H groups in total. The first-order chi connectivity index (χ1) is 16.8. The average Bonchev–Trinajstić information content (AvgIpc) is 3.29. The highest BCUT2D eigenvalue weighted by Crippen LogP contribution is 2.71. The van der Waals surface area contributed by atoms with Crippen LogP contribution in [0.3, 0.4) is 0 Å². The molecule has 0 spiro atoms. The van der Waals surface area contributed by atoms with Crippen LogP contribution in [0.1, 0.15) is 65.7 Å². The number of allylic oxidation sites excluding steroid dienone is 1. The van der Waals surface area contributed by atoms with Crippen molar-refractivity contribution in [2.24, 2.45) is 28.6 Å². The monoisotopic (exact) mass is 490 g/mol. The quantitative estimate of drug-likeness (QED) is 0.606. The van der Waals surface area contributed by atoms with E-state index in [4.69, 9.17) is 28.4 Å². The Bertz CT molecular complexity index is 893. The van der Waals surface area contributed by atoms with E-state index < -0.39 is 11.9 Å². The number of aliphatic hydroxyl groups is 1. The predicted octanol–water partition coefficient (Wildman–Crippen LogP) is 3.58. The van der Waals surface area contributed by atoms with Crippen LogP contribution in [0.5, 0.6) is 0 Å². The Labute approximate surface area is 208 Å². The summed E-state index contributed by atoms with van der Waals surface area (Å²) in [4.78, 5) is 0. The molecule has 4 aliphatic heterocycles. The number of rotatable bonds is 3.